The summed E-state index contributed by atoms with van der Waals surface area (Å²) in [6, 6.07) is 10.1. The molecule has 0 unspecified atom stereocenters. The lowest BCUT2D eigenvalue weighted by Gasteiger charge is -2.09. The number of aryl methyl sites for hydroxylation is 2. The number of para-hydroxylation sites is 1. The second-order valence-electron chi connectivity index (χ2n) is 4.99. The fourth-order valence-electron chi connectivity index (χ4n) is 2.58. The van der Waals surface area contributed by atoms with Gasteiger partial charge in [0.2, 0.25) is 0 Å². The van der Waals surface area contributed by atoms with Crippen LogP contribution in [0.5, 0.6) is 0 Å². The molecule has 2 aromatic rings. The maximum absolute atomic E-state index is 13.4. The minimum absolute atomic E-state index is 0.119. The Morgan fingerprint density at radius 1 is 1.15 bits per heavy atom. The number of hydrogen-bond acceptors (Lipinski definition) is 2. The minimum atomic E-state index is -0.577. The molecule has 1 aliphatic carbocycles. The van der Waals surface area contributed by atoms with Gasteiger partial charge in [0.05, 0.1) is 11.3 Å². The van der Waals surface area contributed by atoms with Crippen molar-refractivity contribution in [1.29, 1.82) is 0 Å². The molecule has 0 saturated heterocycles. The summed E-state index contributed by atoms with van der Waals surface area (Å²) >= 11 is 0. The highest BCUT2D eigenvalue weighted by molar-refractivity contribution is 6.07. The van der Waals surface area contributed by atoms with Crippen LogP contribution in [0.3, 0.4) is 0 Å². The average molecular weight is 270 g/mol. The molecule has 4 heteroatoms. The number of benzene rings is 2. The van der Waals surface area contributed by atoms with E-state index in [2.05, 4.69) is 5.32 Å². The zero-order chi connectivity index (χ0) is 14.1. The molecule has 0 saturated carbocycles. The molecule has 0 fully saturated rings. The van der Waals surface area contributed by atoms with Crippen LogP contribution in [0.25, 0.3) is 0 Å². The molecule has 102 valence electrons. The van der Waals surface area contributed by atoms with Crippen LogP contribution in [-0.4, -0.2) is 5.91 Å². The van der Waals surface area contributed by atoms with Gasteiger partial charge in [-0.3, -0.25) is 4.79 Å². The van der Waals surface area contributed by atoms with E-state index in [4.69, 9.17) is 5.73 Å². The van der Waals surface area contributed by atoms with Crippen LogP contribution in [-0.2, 0) is 12.8 Å². The van der Waals surface area contributed by atoms with Crippen molar-refractivity contribution in [3.05, 3.63) is 58.9 Å². The molecule has 1 amide bonds. The summed E-state index contributed by atoms with van der Waals surface area (Å²) in [7, 11) is 0. The molecule has 3 rings (SSSR count). The summed E-state index contributed by atoms with van der Waals surface area (Å²) in [5.74, 6) is -0.966. The molecule has 0 bridgehead atoms. The first kappa shape index (κ1) is 12.7. The highest BCUT2D eigenvalue weighted by Crippen LogP contribution is 2.25. The number of halogens is 1. The van der Waals surface area contributed by atoms with E-state index < -0.39 is 5.82 Å². The normalized spacial score (nSPS) is 13.1. The van der Waals surface area contributed by atoms with E-state index in [1.54, 1.807) is 0 Å². The van der Waals surface area contributed by atoms with Gasteiger partial charge in [0.1, 0.15) is 5.82 Å². The Kier molecular flexibility index (Phi) is 3.14. The highest BCUT2D eigenvalue weighted by atomic mass is 19.1. The Hall–Kier alpha value is -2.36. The molecule has 20 heavy (non-hydrogen) atoms. The summed E-state index contributed by atoms with van der Waals surface area (Å²) in [5.41, 5.74) is 8.97. The summed E-state index contributed by atoms with van der Waals surface area (Å²) in [5, 5.41) is 2.77. The topological polar surface area (TPSA) is 55.1 Å². The van der Waals surface area contributed by atoms with Gasteiger partial charge in [-0.2, -0.15) is 0 Å². The van der Waals surface area contributed by atoms with Crippen LogP contribution in [0.15, 0.2) is 36.4 Å². The SMILES string of the molecule is Nc1c(F)cccc1C(=O)Nc1ccc2c(c1)CCC2. The first-order chi connectivity index (χ1) is 9.65. The Bertz CT molecular complexity index is 682. The molecule has 0 aromatic heterocycles. The smallest absolute Gasteiger partial charge is 0.257 e. The second-order valence-corrected chi connectivity index (χ2v) is 4.99. The zero-order valence-corrected chi connectivity index (χ0v) is 10.9. The quantitative estimate of drug-likeness (QED) is 0.824. The van der Waals surface area contributed by atoms with Crippen LogP contribution < -0.4 is 11.1 Å². The molecule has 3 N–H and O–H groups in total. The largest absolute Gasteiger partial charge is 0.396 e. The number of nitrogens with two attached hydrogens (primary N) is 1. The predicted octanol–water partition coefficient (Wildman–Crippen LogP) is 3.15. The molecule has 2 aromatic carbocycles. The highest BCUT2D eigenvalue weighted by Gasteiger charge is 2.15. The number of amides is 1. The van der Waals surface area contributed by atoms with Crippen molar-refractivity contribution >= 4 is 17.3 Å². The first-order valence-corrected chi connectivity index (χ1v) is 6.62. The average Bonchev–Trinajstić information content (AvgIpc) is 2.89. The predicted molar refractivity (Wildman–Crippen MR) is 77.2 cm³/mol. The first-order valence-electron chi connectivity index (χ1n) is 6.62. The molecule has 1 aliphatic rings. The molecular formula is C16H15FN2O. The summed E-state index contributed by atoms with van der Waals surface area (Å²) in [6.07, 6.45) is 3.30. The van der Waals surface area contributed by atoms with Crippen molar-refractivity contribution in [2.45, 2.75) is 19.3 Å². The van der Waals surface area contributed by atoms with Gasteiger partial charge in [0.25, 0.3) is 5.91 Å². The zero-order valence-electron chi connectivity index (χ0n) is 10.9. The Morgan fingerprint density at radius 3 is 2.80 bits per heavy atom. The molecule has 0 radical (unpaired) electrons. The fourth-order valence-corrected chi connectivity index (χ4v) is 2.58. The summed E-state index contributed by atoms with van der Waals surface area (Å²) < 4.78 is 13.4. The van der Waals surface area contributed by atoms with Crippen molar-refractivity contribution in [1.82, 2.24) is 0 Å². The van der Waals surface area contributed by atoms with Gasteiger partial charge in [-0.05, 0) is 54.7 Å². The van der Waals surface area contributed by atoms with E-state index in [1.807, 2.05) is 18.2 Å². The number of nitrogens with one attached hydrogen (secondary N) is 1. The number of carbonyl (C=O) groups is 1. The molecule has 3 nitrogen and oxygen atoms in total. The molecule has 0 atom stereocenters. The number of hydrogen-bond donors (Lipinski definition) is 2. The third kappa shape index (κ3) is 2.25. The van der Waals surface area contributed by atoms with Crippen molar-refractivity contribution in [2.24, 2.45) is 0 Å². The third-order valence-electron chi connectivity index (χ3n) is 3.65. The Balaban J connectivity index is 1.84. The molecule has 0 aliphatic heterocycles. The van der Waals surface area contributed by atoms with Crippen molar-refractivity contribution in [2.75, 3.05) is 11.1 Å². The van der Waals surface area contributed by atoms with Crippen LogP contribution in [0.1, 0.15) is 27.9 Å². The van der Waals surface area contributed by atoms with Gasteiger partial charge in [-0.15, -0.1) is 0 Å². The molecule has 0 spiro atoms. The van der Waals surface area contributed by atoms with E-state index in [9.17, 15) is 9.18 Å². The lowest BCUT2D eigenvalue weighted by molar-refractivity contribution is 0.102. The van der Waals surface area contributed by atoms with E-state index in [0.717, 1.165) is 24.9 Å². The monoisotopic (exact) mass is 270 g/mol. The van der Waals surface area contributed by atoms with E-state index in [0.29, 0.717) is 0 Å². The van der Waals surface area contributed by atoms with Crippen molar-refractivity contribution < 1.29 is 9.18 Å². The second kappa shape index (κ2) is 4.96. The summed E-state index contributed by atoms with van der Waals surface area (Å²) in [6.45, 7) is 0. The maximum atomic E-state index is 13.4. The Labute approximate surface area is 116 Å². The van der Waals surface area contributed by atoms with Crippen LogP contribution in [0, 0.1) is 5.82 Å². The van der Waals surface area contributed by atoms with Gasteiger partial charge < -0.3 is 11.1 Å². The minimum Gasteiger partial charge on any atom is -0.396 e. The van der Waals surface area contributed by atoms with E-state index >= 15 is 0 Å². The van der Waals surface area contributed by atoms with Crippen LogP contribution in [0.4, 0.5) is 15.8 Å². The fraction of sp³-hybridized carbons (Fsp3) is 0.188. The van der Waals surface area contributed by atoms with Gasteiger partial charge >= 0.3 is 0 Å². The number of anilines is 2. The van der Waals surface area contributed by atoms with Crippen molar-refractivity contribution in [3.63, 3.8) is 0 Å². The molecule has 0 heterocycles. The van der Waals surface area contributed by atoms with E-state index in [-0.39, 0.29) is 17.2 Å². The van der Waals surface area contributed by atoms with Gasteiger partial charge in [0, 0.05) is 5.69 Å². The lowest BCUT2D eigenvalue weighted by atomic mass is 10.1. The number of nitrogen functional groups attached to an aromatic ring is 1. The lowest BCUT2D eigenvalue weighted by Crippen LogP contribution is -2.15. The van der Waals surface area contributed by atoms with Gasteiger partial charge in [0.15, 0.2) is 0 Å². The Morgan fingerprint density at radius 2 is 1.95 bits per heavy atom. The number of rotatable bonds is 2. The summed E-state index contributed by atoms with van der Waals surface area (Å²) in [4.78, 5) is 12.1. The maximum Gasteiger partial charge on any atom is 0.257 e. The van der Waals surface area contributed by atoms with E-state index in [1.165, 1.54) is 29.3 Å². The van der Waals surface area contributed by atoms with Crippen LogP contribution >= 0.6 is 0 Å². The van der Waals surface area contributed by atoms with Gasteiger partial charge in [-0.1, -0.05) is 12.1 Å². The number of carbonyl (C=O) groups excluding carboxylic acids is 1. The van der Waals surface area contributed by atoms with Crippen molar-refractivity contribution in [3.8, 4) is 0 Å². The third-order valence-corrected chi connectivity index (χ3v) is 3.65. The number of fused-ring (bicyclic) bond motifs is 1. The van der Waals surface area contributed by atoms with Crippen LogP contribution in [0.2, 0.25) is 0 Å². The van der Waals surface area contributed by atoms with Gasteiger partial charge in [-0.25, -0.2) is 4.39 Å². The standard InChI is InChI=1S/C16H15FN2O/c17-14-6-2-5-13(15(14)18)16(20)19-12-8-7-10-3-1-4-11(10)9-12/h2,5-9H,1,3-4,18H2,(H,19,20). The molecular weight excluding hydrogens is 255 g/mol.